The number of nitrogens with zero attached hydrogens (tertiary/aromatic N) is 3. The first-order valence-electron chi connectivity index (χ1n) is 7.49. The lowest BCUT2D eigenvalue weighted by atomic mass is 10.1. The molecule has 6 heteroatoms. The fraction of sp³-hybridized carbons (Fsp3) is 0.235. The van der Waals surface area contributed by atoms with Gasteiger partial charge in [0.05, 0.1) is 4.92 Å². The summed E-state index contributed by atoms with van der Waals surface area (Å²) < 4.78 is 0. The summed E-state index contributed by atoms with van der Waals surface area (Å²) in [5, 5.41) is 11.1. The first-order chi connectivity index (χ1) is 11.2. The van der Waals surface area contributed by atoms with E-state index in [0.717, 1.165) is 0 Å². The predicted octanol–water partition coefficient (Wildman–Crippen LogP) is 2.56. The first-order valence-corrected chi connectivity index (χ1v) is 7.49. The summed E-state index contributed by atoms with van der Waals surface area (Å²) in [6.07, 6.45) is 0. The molecule has 1 saturated heterocycles. The maximum absolute atomic E-state index is 12.4. The maximum atomic E-state index is 12.4. The van der Waals surface area contributed by atoms with Gasteiger partial charge >= 0.3 is 0 Å². The van der Waals surface area contributed by atoms with Crippen LogP contribution in [0.3, 0.4) is 0 Å². The van der Waals surface area contributed by atoms with Gasteiger partial charge in [0, 0.05) is 37.8 Å². The average molecular weight is 311 g/mol. The van der Waals surface area contributed by atoms with Crippen LogP contribution in [0.4, 0.5) is 11.4 Å². The number of amides is 1. The molecular formula is C17H17N3O3. The number of para-hydroxylation sites is 2. The summed E-state index contributed by atoms with van der Waals surface area (Å²) in [7, 11) is 0. The predicted molar refractivity (Wildman–Crippen MR) is 87.7 cm³/mol. The second-order valence-electron chi connectivity index (χ2n) is 5.39. The van der Waals surface area contributed by atoms with E-state index in [2.05, 4.69) is 0 Å². The normalized spacial score (nSPS) is 14.6. The van der Waals surface area contributed by atoms with Gasteiger partial charge in [0.2, 0.25) is 0 Å². The van der Waals surface area contributed by atoms with Crippen LogP contribution in [-0.4, -0.2) is 41.9 Å². The molecule has 0 saturated carbocycles. The third-order valence-corrected chi connectivity index (χ3v) is 4.01. The summed E-state index contributed by atoms with van der Waals surface area (Å²) in [5.41, 5.74) is 1.39. The van der Waals surface area contributed by atoms with E-state index in [1.54, 1.807) is 35.2 Å². The second-order valence-corrected chi connectivity index (χ2v) is 5.39. The molecule has 0 radical (unpaired) electrons. The molecule has 0 N–H and O–H groups in total. The number of hydrogen-bond acceptors (Lipinski definition) is 4. The van der Waals surface area contributed by atoms with Gasteiger partial charge in [0.25, 0.3) is 11.6 Å². The molecule has 6 nitrogen and oxygen atoms in total. The summed E-state index contributed by atoms with van der Waals surface area (Å²) in [5.74, 6) is 0.00723. The van der Waals surface area contributed by atoms with E-state index in [-0.39, 0.29) is 16.5 Å². The minimum atomic E-state index is -0.364. The Bertz CT molecular complexity index is 710. The van der Waals surface area contributed by atoms with Crippen molar-refractivity contribution < 1.29 is 9.72 Å². The summed E-state index contributed by atoms with van der Waals surface area (Å²) >= 11 is 0. The van der Waals surface area contributed by atoms with Crippen molar-refractivity contribution in [1.29, 1.82) is 0 Å². The highest BCUT2D eigenvalue weighted by Gasteiger charge is 2.25. The SMILES string of the molecule is O=C(c1ccccc1)N1CCN(c2ccccc2[N+](=O)[O-])CC1. The Hall–Kier alpha value is -2.89. The van der Waals surface area contributed by atoms with Gasteiger partial charge in [-0.15, -0.1) is 0 Å². The Morgan fingerprint density at radius 2 is 1.52 bits per heavy atom. The van der Waals surface area contributed by atoms with Crippen LogP contribution in [0.25, 0.3) is 0 Å². The Balaban J connectivity index is 1.70. The molecular weight excluding hydrogens is 294 g/mol. The van der Waals surface area contributed by atoms with Crippen molar-refractivity contribution >= 4 is 17.3 Å². The molecule has 2 aromatic rings. The quantitative estimate of drug-likeness (QED) is 0.645. The van der Waals surface area contributed by atoms with E-state index in [9.17, 15) is 14.9 Å². The zero-order chi connectivity index (χ0) is 16.2. The molecule has 1 aliphatic rings. The molecule has 0 unspecified atom stereocenters. The Morgan fingerprint density at radius 1 is 0.913 bits per heavy atom. The number of carbonyl (C=O) groups excluding carboxylic acids is 1. The third-order valence-electron chi connectivity index (χ3n) is 4.01. The highest BCUT2D eigenvalue weighted by molar-refractivity contribution is 5.94. The number of anilines is 1. The Kier molecular flexibility index (Phi) is 4.23. The van der Waals surface area contributed by atoms with E-state index in [0.29, 0.717) is 37.4 Å². The lowest BCUT2D eigenvalue weighted by molar-refractivity contribution is -0.384. The van der Waals surface area contributed by atoms with Gasteiger partial charge in [-0.2, -0.15) is 0 Å². The topological polar surface area (TPSA) is 66.7 Å². The van der Waals surface area contributed by atoms with Gasteiger partial charge in [-0.25, -0.2) is 0 Å². The number of hydrogen-bond donors (Lipinski definition) is 0. The Labute approximate surface area is 134 Å². The van der Waals surface area contributed by atoms with Crippen LogP contribution in [0.5, 0.6) is 0 Å². The van der Waals surface area contributed by atoms with Gasteiger partial charge < -0.3 is 9.80 Å². The lowest BCUT2D eigenvalue weighted by Gasteiger charge is -2.35. The van der Waals surface area contributed by atoms with Crippen molar-refractivity contribution in [2.24, 2.45) is 0 Å². The molecule has 23 heavy (non-hydrogen) atoms. The van der Waals surface area contributed by atoms with Crippen LogP contribution >= 0.6 is 0 Å². The standard InChI is InChI=1S/C17H17N3O3/c21-17(14-6-2-1-3-7-14)19-12-10-18(11-13-19)15-8-4-5-9-16(15)20(22)23/h1-9H,10-13H2. The number of piperazine rings is 1. The molecule has 2 aromatic carbocycles. The van der Waals surface area contributed by atoms with Crippen LogP contribution < -0.4 is 4.90 Å². The van der Waals surface area contributed by atoms with Crippen molar-refractivity contribution in [3.8, 4) is 0 Å². The summed E-state index contributed by atoms with van der Waals surface area (Å²) in [4.78, 5) is 26.9. The zero-order valence-electron chi connectivity index (χ0n) is 12.6. The van der Waals surface area contributed by atoms with Crippen LogP contribution in [-0.2, 0) is 0 Å². The molecule has 0 bridgehead atoms. The van der Waals surface area contributed by atoms with E-state index in [1.807, 2.05) is 23.1 Å². The molecule has 3 rings (SSSR count). The summed E-state index contributed by atoms with van der Waals surface area (Å²) in [6.45, 7) is 2.28. The van der Waals surface area contributed by atoms with Crippen molar-refractivity contribution in [2.75, 3.05) is 31.1 Å². The largest absolute Gasteiger partial charge is 0.362 e. The van der Waals surface area contributed by atoms with E-state index < -0.39 is 0 Å². The van der Waals surface area contributed by atoms with E-state index in [1.165, 1.54) is 6.07 Å². The van der Waals surface area contributed by atoms with Crippen LogP contribution in [0, 0.1) is 10.1 Å². The second kappa shape index (κ2) is 6.48. The molecule has 0 spiro atoms. The molecule has 0 aromatic heterocycles. The zero-order valence-corrected chi connectivity index (χ0v) is 12.6. The van der Waals surface area contributed by atoms with Crippen molar-refractivity contribution in [3.05, 3.63) is 70.3 Å². The molecule has 0 atom stereocenters. The number of rotatable bonds is 3. The molecule has 1 heterocycles. The van der Waals surface area contributed by atoms with Crippen molar-refractivity contribution in [2.45, 2.75) is 0 Å². The molecule has 0 aliphatic carbocycles. The minimum Gasteiger partial charge on any atom is -0.362 e. The molecule has 1 amide bonds. The lowest BCUT2D eigenvalue weighted by Crippen LogP contribution is -2.48. The van der Waals surface area contributed by atoms with Crippen LogP contribution in [0.15, 0.2) is 54.6 Å². The van der Waals surface area contributed by atoms with E-state index in [4.69, 9.17) is 0 Å². The molecule has 1 aliphatic heterocycles. The van der Waals surface area contributed by atoms with Gasteiger partial charge in [-0.05, 0) is 18.2 Å². The number of benzene rings is 2. The fourth-order valence-electron chi connectivity index (χ4n) is 2.80. The van der Waals surface area contributed by atoms with Gasteiger partial charge in [0.15, 0.2) is 0 Å². The average Bonchev–Trinajstić information content (AvgIpc) is 2.62. The summed E-state index contributed by atoms with van der Waals surface area (Å²) in [6, 6.07) is 15.9. The molecule has 1 fully saturated rings. The number of nitro benzene ring substituents is 1. The van der Waals surface area contributed by atoms with Crippen molar-refractivity contribution in [1.82, 2.24) is 4.90 Å². The first kappa shape index (κ1) is 15.0. The monoisotopic (exact) mass is 311 g/mol. The highest BCUT2D eigenvalue weighted by atomic mass is 16.6. The van der Waals surface area contributed by atoms with Crippen LogP contribution in [0.1, 0.15) is 10.4 Å². The Morgan fingerprint density at radius 3 is 2.17 bits per heavy atom. The van der Waals surface area contributed by atoms with E-state index >= 15 is 0 Å². The van der Waals surface area contributed by atoms with Gasteiger partial charge in [-0.3, -0.25) is 14.9 Å². The fourth-order valence-corrected chi connectivity index (χ4v) is 2.80. The van der Waals surface area contributed by atoms with Crippen molar-refractivity contribution in [3.63, 3.8) is 0 Å². The van der Waals surface area contributed by atoms with Gasteiger partial charge in [-0.1, -0.05) is 30.3 Å². The minimum absolute atomic E-state index is 0.00723. The van der Waals surface area contributed by atoms with Gasteiger partial charge in [0.1, 0.15) is 5.69 Å². The number of nitro groups is 1. The maximum Gasteiger partial charge on any atom is 0.292 e. The molecule has 118 valence electrons. The highest BCUT2D eigenvalue weighted by Crippen LogP contribution is 2.28. The number of carbonyl (C=O) groups is 1. The smallest absolute Gasteiger partial charge is 0.292 e. The van der Waals surface area contributed by atoms with Crippen LogP contribution in [0.2, 0.25) is 0 Å². The third kappa shape index (κ3) is 3.15.